The second-order valence-corrected chi connectivity index (χ2v) is 5.27. The van der Waals surface area contributed by atoms with Gasteiger partial charge in [0.05, 0.1) is 16.8 Å². The van der Waals surface area contributed by atoms with Crippen LogP contribution in [0.4, 0.5) is 0 Å². The van der Waals surface area contributed by atoms with Crippen molar-refractivity contribution in [2.75, 3.05) is 7.11 Å². The van der Waals surface area contributed by atoms with E-state index in [1.54, 1.807) is 18.4 Å². The summed E-state index contributed by atoms with van der Waals surface area (Å²) in [7, 11) is 1.71. The molecular weight excluding hydrogens is 218 g/mol. The number of rotatable bonds is 3. The lowest BCUT2D eigenvalue weighted by molar-refractivity contribution is 0.418. The Kier molecular flexibility index (Phi) is 3.15. The van der Waals surface area contributed by atoms with Gasteiger partial charge in [0.15, 0.2) is 0 Å². The van der Waals surface area contributed by atoms with Gasteiger partial charge in [-0.2, -0.15) is 0 Å². The molecule has 0 N–H and O–H groups in total. The Morgan fingerprint density at radius 1 is 1.38 bits per heavy atom. The van der Waals surface area contributed by atoms with Gasteiger partial charge in [-0.15, -0.1) is 11.3 Å². The highest BCUT2D eigenvalue weighted by Gasteiger charge is 2.12. The number of ether oxygens (including phenoxy) is 1. The maximum atomic E-state index is 5.41. The molecule has 16 heavy (non-hydrogen) atoms. The minimum absolute atomic E-state index is 0.479. The fourth-order valence-corrected chi connectivity index (χ4v) is 2.73. The van der Waals surface area contributed by atoms with Crippen LogP contribution in [0.2, 0.25) is 0 Å². The van der Waals surface area contributed by atoms with E-state index in [0.717, 1.165) is 17.7 Å². The lowest BCUT2D eigenvalue weighted by Crippen LogP contribution is -1.88. The third-order valence-electron chi connectivity index (χ3n) is 2.66. The molecule has 0 radical (unpaired) electrons. The standard InChI is InChI=1S/C13H17NOS/c1-5-9-6-10(15-4)12-11(7-9)16-13(14-12)8(2)3/h6-8H,5H2,1-4H3. The lowest BCUT2D eigenvalue weighted by atomic mass is 10.1. The van der Waals surface area contributed by atoms with Crippen LogP contribution in [0.3, 0.4) is 0 Å². The predicted octanol–water partition coefficient (Wildman–Crippen LogP) is 3.99. The van der Waals surface area contributed by atoms with Crippen LogP contribution in [0.5, 0.6) is 5.75 Å². The van der Waals surface area contributed by atoms with Crippen LogP contribution < -0.4 is 4.74 Å². The van der Waals surface area contributed by atoms with E-state index in [1.807, 2.05) is 0 Å². The molecule has 2 nitrogen and oxygen atoms in total. The zero-order chi connectivity index (χ0) is 11.7. The summed E-state index contributed by atoms with van der Waals surface area (Å²) in [6.45, 7) is 6.50. The average molecular weight is 235 g/mol. The Morgan fingerprint density at radius 2 is 2.12 bits per heavy atom. The summed E-state index contributed by atoms with van der Waals surface area (Å²) < 4.78 is 6.64. The Bertz CT molecular complexity index is 502. The summed E-state index contributed by atoms with van der Waals surface area (Å²) in [6.07, 6.45) is 1.03. The smallest absolute Gasteiger partial charge is 0.146 e. The number of thiazole rings is 1. The van der Waals surface area contributed by atoms with E-state index >= 15 is 0 Å². The van der Waals surface area contributed by atoms with E-state index in [9.17, 15) is 0 Å². The highest BCUT2D eigenvalue weighted by molar-refractivity contribution is 7.18. The molecule has 0 spiro atoms. The second-order valence-electron chi connectivity index (χ2n) is 4.21. The Labute approximate surface area is 100 Å². The van der Waals surface area contributed by atoms with Crippen LogP contribution in [-0.4, -0.2) is 12.1 Å². The van der Waals surface area contributed by atoms with Crippen molar-refractivity contribution in [1.29, 1.82) is 0 Å². The molecule has 2 rings (SSSR count). The summed E-state index contributed by atoms with van der Waals surface area (Å²) in [4.78, 5) is 4.65. The minimum Gasteiger partial charge on any atom is -0.494 e. The minimum atomic E-state index is 0.479. The molecule has 1 aromatic carbocycles. The van der Waals surface area contributed by atoms with Crippen molar-refractivity contribution in [2.24, 2.45) is 0 Å². The number of aromatic nitrogens is 1. The molecule has 0 atom stereocenters. The van der Waals surface area contributed by atoms with E-state index in [0.29, 0.717) is 5.92 Å². The van der Waals surface area contributed by atoms with E-state index in [-0.39, 0.29) is 0 Å². The fraction of sp³-hybridized carbons (Fsp3) is 0.462. The van der Waals surface area contributed by atoms with Gasteiger partial charge in [-0.3, -0.25) is 0 Å². The summed E-state index contributed by atoms with van der Waals surface area (Å²) in [6, 6.07) is 4.31. The maximum Gasteiger partial charge on any atom is 0.146 e. The van der Waals surface area contributed by atoms with Crippen molar-refractivity contribution in [2.45, 2.75) is 33.1 Å². The summed E-state index contributed by atoms with van der Waals surface area (Å²) in [5, 5.41) is 1.18. The molecule has 0 amide bonds. The van der Waals surface area contributed by atoms with Crippen molar-refractivity contribution in [3.63, 3.8) is 0 Å². The van der Waals surface area contributed by atoms with Crippen LogP contribution in [-0.2, 0) is 6.42 Å². The third-order valence-corrected chi connectivity index (χ3v) is 3.96. The topological polar surface area (TPSA) is 22.1 Å². The molecule has 2 aromatic rings. The molecule has 0 saturated heterocycles. The highest BCUT2D eigenvalue weighted by Crippen LogP contribution is 2.34. The molecule has 1 heterocycles. The normalized spacial score (nSPS) is 11.3. The van der Waals surface area contributed by atoms with Crippen LogP contribution in [0.15, 0.2) is 12.1 Å². The van der Waals surface area contributed by atoms with Crippen molar-refractivity contribution in [3.8, 4) is 5.75 Å². The molecule has 3 heteroatoms. The van der Waals surface area contributed by atoms with Gasteiger partial charge in [0, 0.05) is 5.92 Å². The Morgan fingerprint density at radius 3 is 2.69 bits per heavy atom. The largest absolute Gasteiger partial charge is 0.494 e. The van der Waals surface area contributed by atoms with Crippen LogP contribution in [0.1, 0.15) is 37.3 Å². The first kappa shape index (κ1) is 11.4. The zero-order valence-electron chi connectivity index (χ0n) is 10.2. The van der Waals surface area contributed by atoms with Gasteiger partial charge >= 0.3 is 0 Å². The van der Waals surface area contributed by atoms with E-state index in [2.05, 4.69) is 37.9 Å². The molecular formula is C13H17NOS. The third kappa shape index (κ3) is 1.92. The monoisotopic (exact) mass is 235 g/mol. The maximum absolute atomic E-state index is 5.41. The first-order chi connectivity index (χ1) is 7.65. The van der Waals surface area contributed by atoms with Crippen molar-refractivity contribution in [1.82, 2.24) is 4.98 Å². The molecule has 1 aromatic heterocycles. The van der Waals surface area contributed by atoms with Gasteiger partial charge in [0.25, 0.3) is 0 Å². The van der Waals surface area contributed by atoms with E-state index in [4.69, 9.17) is 4.74 Å². The van der Waals surface area contributed by atoms with Crippen LogP contribution >= 0.6 is 11.3 Å². The summed E-state index contributed by atoms with van der Waals surface area (Å²) in [5.41, 5.74) is 2.32. The van der Waals surface area contributed by atoms with Gasteiger partial charge < -0.3 is 4.74 Å². The van der Waals surface area contributed by atoms with Gasteiger partial charge in [-0.25, -0.2) is 4.98 Å². The number of hydrogen-bond acceptors (Lipinski definition) is 3. The molecule has 0 aliphatic rings. The summed E-state index contributed by atoms with van der Waals surface area (Å²) >= 11 is 1.77. The first-order valence-corrected chi connectivity index (χ1v) is 6.44. The Hall–Kier alpha value is -1.09. The number of fused-ring (bicyclic) bond motifs is 1. The zero-order valence-corrected chi connectivity index (χ0v) is 11.0. The van der Waals surface area contributed by atoms with Gasteiger partial charge in [-0.1, -0.05) is 20.8 Å². The fourth-order valence-electron chi connectivity index (χ4n) is 1.68. The molecule has 0 fully saturated rings. The Balaban J connectivity index is 2.65. The molecule has 0 unspecified atom stereocenters. The average Bonchev–Trinajstić information content (AvgIpc) is 2.71. The quantitative estimate of drug-likeness (QED) is 0.802. The summed E-state index contributed by atoms with van der Waals surface area (Å²) in [5.74, 6) is 1.38. The number of benzene rings is 1. The van der Waals surface area contributed by atoms with Crippen molar-refractivity contribution >= 4 is 21.6 Å². The van der Waals surface area contributed by atoms with Gasteiger partial charge in [-0.05, 0) is 24.1 Å². The first-order valence-electron chi connectivity index (χ1n) is 5.63. The number of aryl methyl sites for hydroxylation is 1. The van der Waals surface area contributed by atoms with Gasteiger partial charge in [0.1, 0.15) is 11.3 Å². The lowest BCUT2D eigenvalue weighted by Gasteiger charge is -2.03. The number of hydrogen-bond donors (Lipinski definition) is 0. The van der Waals surface area contributed by atoms with Crippen molar-refractivity contribution < 1.29 is 4.74 Å². The number of methoxy groups -OCH3 is 1. The van der Waals surface area contributed by atoms with E-state index < -0.39 is 0 Å². The molecule has 0 saturated carbocycles. The second kappa shape index (κ2) is 4.42. The van der Waals surface area contributed by atoms with Crippen LogP contribution in [0.25, 0.3) is 10.2 Å². The SMILES string of the molecule is CCc1cc(OC)c2nc(C(C)C)sc2c1. The molecule has 0 bridgehead atoms. The highest BCUT2D eigenvalue weighted by atomic mass is 32.1. The number of nitrogens with zero attached hydrogens (tertiary/aromatic N) is 1. The predicted molar refractivity (Wildman–Crippen MR) is 69.6 cm³/mol. The molecule has 0 aliphatic heterocycles. The van der Waals surface area contributed by atoms with E-state index in [1.165, 1.54) is 15.3 Å². The molecule has 86 valence electrons. The van der Waals surface area contributed by atoms with Gasteiger partial charge in [0.2, 0.25) is 0 Å². The van der Waals surface area contributed by atoms with Crippen LogP contribution in [0, 0.1) is 0 Å². The molecule has 0 aliphatic carbocycles. The van der Waals surface area contributed by atoms with Crippen molar-refractivity contribution in [3.05, 3.63) is 22.7 Å².